The van der Waals surface area contributed by atoms with Crippen LogP contribution in [-0.4, -0.2) is 39.4 Å². The van der Waals surface area contributed by atoms with Crippen molar-refractivity contribution < 1.29 is 28.8 Å². The molecule has 0 radical (unpaired) electrons. The fraction of sp³-hybridized carbons (Fsp3) is 0.172. The summed E-state index contributed by atoms with van der Waals surface area (Å²) >= 11 is 0. The summed E-state index contributed by atoms with van der Waals surface area (Å²) in [4.78, 5) is 66.7. The highest BCUT2D eigenvalue weighted by molar-refractivity contribution is 6.24. The summed E-state index contributed by atoms with van der Waals surface area (Å²) in [6, 6.07) is 17.3. The molecule has 3 aliphatic rings. The number of imide groups is 1. The highest BCUT2D eigenvalue weighted by Gasteiger charge is 2.64. The molecule has 0 unspecified atom stereocenters. The number of nitro groups is 1. The average Bonchev–Trinajstić information content (AvgIpc) is 3.41. The minimum absolute atomic E-state index is 0.0882. The third-order valence-electron chi connectivity index (χ3n) is 7.43. The zero-order chi connectivity index (χ0) is 27.4. The second-order valence-electron chi connectivity index (χ2n) is 9.60. The van der Waals surface area contributed by atoms with E-state index in [1.54, 1.807) is 11.1 Å². The Balaban J connectivity index is 1.44. The van der Waals surface area contributed by atoms with Crippen molar-refractivity contribution in [3.05, 3.63) is 106 Å². The number of amides is 2. The van der Waals surface area contributed by atoms with Gasteiger partial charge in [0.2, 0.25) is 11.8 Å². The molecule has 0 saturated carbocycles. The molecule has 3 aliphatic heterocycles. The first-order valence-electron chi connectivity index (χ1n) is 12.3. The fourth-order valence-corrected chi connectivity index (χ4v) is 5.88. The molecule has 10 heteroatoms. The molecule has 39 heavy (non-hydrogen) atoms. The molecule has 0 aliphatic carbocycles. The third kappa shape index (κ3) is 3.80. The Kier molecular flexibility index (Phi) is 5.60. The van der Waals surface area contributed by atoms with Gasteiger partial charge in [0, 0.05) is 30.8 Å². The van der Waals surface area contributed by atoms with Gasteiger partial charge in [0.15, 0.2) is 5.78 Å². The predicted octanol–water partition coefficient (Wildman–Crippen LogP) is 3.92. The Morgan fingerprint density at radius 2 is 1.64 bits per heavy atom. The number of hydrogen-bond acceptors (Lipinski definition) is 8. The molecule has 0 aromatic heterocycles. The highest BCUT2D eigenvalue weighted by Crippen LogP contribution is 2.53. The van der Waals surface area contributed by atoms with E-state index in [1.807, 2.05) is 30.3 Å². The van der Waals surface area contributed by atoms with Crippen molar-refractivity contribution in [1.82, 2.24) is 4.90 Å². The van der Waals surface area contributed by atoms with Crippen molar-refractivity contribution in [2.75, 3.05) is 4.90 Å². The number of fused-ring (bicyclic) bond motifs is 5. The zero-order valence-corrected chi connectivity index (χ0v) is 20.6. The standard InChI is InChI=1S/C29H21N3O7/c1-16(33)39-21-11-9-19(10-12-21)31-28(35)23-24(29(31)36)26(27(34)18-6-4-7-20(15-18)32(37)38)30-14-13-17-5-2-3-8-22(17)25(23)30/h2-15,23-26H,1H3/t23-,24+,25+,26+/m0/s1. The van der Waals surface area contributed by atoms with Crippen LogP contribution in [0.4, 0.5) is 11.4 Å². The molecular weight excluding hydrogens is 502 g/mol. The summed E-state index contributed by atoms with van der Waals surface area (Å²) in [5.74, 6) is -3.57. The molecule has 0 N–H and O–H groups in total. The highest BCUT2D eigenvalue weighted by atomic mass is 16.6. The van der Waals surface area contributed by atoms with E-state index in [2.05, 4.69) is 0 Å². The Labute approximate surface area is 222 Å². The number of nitrogens with zero attached hydrogens (tertiary/aromatic N) is 3. The lowest BCUT2D eigenvalue weighted by molar-refractivity contribution is -0.384. The van der Waals surface area contributed by atoms with Crippen LogP contribution in [0, 0.1) is 22.0 Å². The maximum atomic E-state index is 13.9. The van der Waals surface area contributed by atoms with Gasteiger partial charge in [-0.3, -0.25) is 29.3 Å². The van der Waals surface area contributed by atoms with Gasteiger partial charge in [0.25, 0.3) is 5.69 Å². The smallest absolute Gasteiger partial charge is 0.308 e. The number of ether oxygens (including phenoxy) is 1. The number of rotatable bonds is 5. The topological polar surface area (TPSA) is 127 Å². The van der Waals surface area contributed by atoms with E-state index in [0.29, 0.717) is 5.69 Å². The van der Waals surface area contributed by atoms with Gasteiger partial charge < -0.3 is 9.64 Å². The lowest BCUT2D eigenvalue weighted by atomic mass is 9.83. The first-order chi connectivity index (χ1) is 18.8. The Hall–Kier alpha value is -5.12. The van der Waals surface area contributed by atoms with Gasteiger partial charge in [-0.1, -0.05) is 36.4 Å². The number of carbonyl (C=O) groups is 4. The van der Waals surface area contributed by atoms with Gasteiger partial charge in [-0.25, -0.2) is 4.90 Å². The van der Waals surface area contributed by atoms with Crippen LogP contribution in [0.5, 0.6) is 5.75 Å². The molecule has 2 fully saturated rings. The lowest BCUT2D eigenvalue weighted by Gasteiger charge is -2.35. The average molecular weight is 524 g/mol. The second-order valence-corrected chi connectivity index (χ2v) is 9.60. The Morgan fingerprint density at radius 3 is 2.36 bits per heavy atom. The van der Waals surface area contributed by atoms with Crippen molar-refractivity contribution in [1.29, 1.82) is 0 Å². The molecule has 6 rings (SSSR count). The molecule has 3 aromatic carbocycles. The summed E-state index contributed by atoms with van der Waals surface area (Å²) in [7, 11) is 0. The molecule has 3 aromatic rings. The van der Waals surface area contributed by atoms with Gasteiger partial charge >= 0.3 is 5.97 Å². The number of nitro benzene ring substituents is 1. The number of esters is 1. The van der Waals surface area contributed by atoms with E-state index < -0.39 is 52.4 Å². The van der Waals surface area contributed by atoms with Crippen LogP contribution in [0.3, 0.4) is 0 Å². The quantitative estimate of drug-likeness (QED) is 0.123. The predicted molar refractivity (Wildman–Crippen MR) is 138 cm³/mol. The molecule has 0 spiro atoms. The van der Waals surface area contributed by atoms with E-state index in [-0.39, 0.29) is 17.0 Å². The third-order valence-corrected chi connectivity index (χ3v) is 7.43. The van der Waals surface area contributed by atoms with Gasteiger partial charge in [-0.05, 0) is 41.5 Å². The summed E-state index contributed by atoms with van der Waals surface area (Å²) < 4.78 is 5.06. The molecule has 0 bridgehead atoms. The van der Waals surface area contributed by atoms with Crippen LogP contribution >= 0.6 is 0 Å². The summed E-state index contributed by atoms with van der Waals surface area (Å²) in [6.07, 6.45) is 3.56. The van der Waals surface area contributed by atoms with E-state index in [1.165, 1.54) is 55.5 Å². The molecular formula is C29H21N3O7. The number of carbonyl (C=O) groups excluding carboxylic acids is 4. The Morgan fingerprint density at radius 1 is 0.923 bits per heavy atom. The van der Waals surface area contributed by atoms with Crippen molar-refractivity contribution in [2.45, 2.75) is 19.0 Å². The number of hydrogen-bond donors (Lipinski definition) is 0. The lowest BCUT2D eigenvalue weighted by Crippen LogP contribution is -2.44. The van der Waals surface area contributed by atoms with E-state index in [9.17, 15) is 29.3 Å². The minimum atomic E-state index is -1.05. The molecule has 4 atom stereocenters. The van der Waals surface area contributed by atoms with Gasteiger partial charge in [0.05, 0.1) is 28.5 Å². The van der Waals surface area contributed by atoms with E-state index in [0.717, 1.165) is 16.0 Å². The molecule has 194 valence electrons. The monoisotopic (exact) mass is 523 g/mol. The largest absolute Gasteiger partial charge is 0.427 e. The Bertz CT molecular complexity index is 1600. The first-order valence-corrected chi connectivity index (χ1v) is 12.3. The minimum Gasteiger partial charge on any atom is -0.427 e. The van der Waals surface area contributed by atoms with Crippen molar-refractivity contribution in [2.24, 2.45) is 11.8 Å². The normalized spacial score (nSPS) is 22.8. The maximum absolute atomic E-state index is 13.9. The molecule has 10 nitrogen and oxygen atoms in total. The van der Waals surface area contributed by atoms with Crippen LogP contribution in [0.1, 0.15) is 34.5 Å². The first kappa shape index (κ1) is 24.2. The number of Topliss-reactive ketones (excluding diaryl/α,β-unsaturated/α-hetero) is 1. The SMILES string of the molecule is CC(=O)Oc1ccc(N2C(=O)[C@@H]3[C@H](C2=O)[C@H]2c4ccccc4C=CN2[C@H]3C(=O)c2cccc([N+](=O)[O-])c2)cc1. The van der Waals surface area contributed by atoms with Crippen molar-refractivity contribution in [3.63, 3.8) is 0 Å². The van der Waals surface area contributed by atoms with Crippen LogP contribution in [-0.2, 0) is 14.4 Å². The van der Waals surface area contributed by atoms with E-state index >= 15 is 0 Å². The van der Waals surface area contributed by atoms with Crippen molar-refractivity contribution >= 4 is 41.0 Å². The number of anilines is 1. The van der Waals surface area contributed by atoms with Gasteiger partial charge in [-0.2, -0.15) is 0 Å². The van der Waals surface area contributed by atoms with E-state index in [4.69, 9.17) is 4.74 Å². The molecule has 3 heterocycles. The molecule has 2 saturated heterocycles. The summed E-state index contributed by atoms with van der Waals surface area (Å²) in [5, 5.41) is 11.4. The van der Waals surface area contributed by atoms with Crippen molar-refractivity contribution in [3.8, 4) is 5.75 Å². The fourth-order valence-electron chi connectivity index (χ4n) is 5.88. The molecule has 2 amide bonds. The van der Waals surface area contributed by atoms with Gasteiger partial charge in [-0.15, -0.1) is 0 Å². The van der Waals surface area contributed by atoms with Crippen LogP contribution in [0.2, 0.25) is 0 Å². The number of non-ortho nitro benzene ring substituents is 1. The maximum Gasteiger partial charge on any atom is 0.308 e. The summed E-state index contributed by atoms with van der Waals surface area (Å²) in [6.45, 7) is 1.27. The van der Waals surface area contributed by atoms with Crippen LogP contribution < -0.4 is 9.64 Å². The second kappa shape index (κ2) is 9.02. The summed E-state index contributed by atoms with van der Waals surface area (Å²) in [5.41, 5.74) is 1.84. The van der Waals surface area contributed by atoms with Crippen LogP contribution in [0.25, 0.3) is 6.08 Å². The van der Waals surface area contributed by atoms with Gasteiger partial charge in [0.1, 0.15) is 11.8 Å². The zero-order valence-electron chi connectivity index (χ0n) is 20.6. The number of ketones is 1. The number of benzene rings is 3. The van der Waals surface area contributed by atoms with Crippen LogP contribution in [0.15, 0.2) is 79.0 Å².